The van der Waals surface area contributed by atoms with E-state index in [-0.39, 0.29) is 29.2 Å². The lowest BCUT2D eigenvalue weighted by atomic mass is 9.87. The molecule has 3 N–H and O–H groups in total. The summed E-state index contributed by atoms with van der Waals surface area (Å²) in [6.45, 7) is 6.42. The number of hydrogen-bond acceptors (Lipinski definition) is 6. The van der Waals surface area contributed by atoms with E-state index >= 15 is 0 Å². The van der Waals surface area contributed by atoms with Crippen molar-refractivity contribution in [2.24, 2.45) is 11.8 Å². The molecule has 10 heteroatoms. The monoisotopic (exact) mass is 600 g/mol. The number of methoxy groups -OCH3 is 1. The van der Waals surface area contributed by atoms with Gasteiger partial charge in [0, 0.05) is 47.6 Å². The van der Waals surface area contributed by atoms with Gasteiger partial charge in [0.15, 0.2) is 0 Å². The van der Waals surface area contributed by atoms with E-state index in [1.807, 2.05) is 41.3 Å². The molecule has 0 spiro atoms. The molecule has 0 radical (unpaired) electrons. The van der Waals surface area contributed by atoms with Crippen LogP contribution in [0.4, 0.5) is 0 Å². The number of carbonyl (C=O) groups excluding carboxylic acids is 3. The highest BCUT2D eigenvalue weighted by atomic mass is 16.5. The standard InChI is InChI=1S/C34H44N6O4/c1-34(2)12-5-15-40(34)32(42)27-6-4-13-36-30(27)33(43)39-21-23(16-22-7-9-26(44-3)10-8-22)17-29(39)31(41)37-20-25-18-24-19-35-14-11-28(24)38-25/h7-11,14,18-19,23,27,29-30,36,38H,4-6,12-13,15-17,20-21H2,1-3H3,(H,37,41)/t23-,27+,29+,30-/m1/s1. The Hall–Kier alpha value is -3.92. The number of ether oxygens (including phenoxy) is 1. The number of fused-ring (bicyclic) bond motifs is 1. The Balaban J connectivity index is 1.21. The van der Waals surface area contributed by atoms with Crippen molar-refractivity contribution in [3.05, 3.63) is 60.0 Å². The summed E-state index contributed by atoms with van der Waals surface area (Å²) >= 11 is 0. The van der Waals surface area contributed by atoms with Crippen LogP contribution in [0.3, 0.4) is 0 Å². The first-order chi connectivity index (χ1) is 21.2. The maximum atomic E-state index is 14.4. The van der Waals surface area contributed by atoms with Gasteiger partial charge in [-0.2, -0.15) is 0 Å². The first-order valence-corrected chi connectivity index (χ1v) is 15.9. The van der Waals surface area contributed by atoms with Crippen LogP contribution >= 0.6 is 0 Å². The third-order valence-corrected chi connectivity index (χ3v) is 9.80. The summed E-state index contributed by atoms with van der Waals surface area (Å²) in [5.41, 5.74) is 2.76. The summed E-state index contributed by atoms with van der Waals surface area (Å²) in [7, 11) is 1.65. The van der Waals surface area contributed by atoms with Crippen molar-refractivity contribution in [3.63, 3.8) is 0 Å². The summed E-state index contributed by atoms with van der Waals surface area (Å²) in [5, 5.41) is 7.45. The van der Waals surface area contributed by atoms with Gasteiger partial charge in [-0.05, 0) is 94.7 Å². The van der Waals surface area contributed by atoms with Crippen LogP contribution in [0.25, 0.3) is 10.9 Å². The molecule has 2 aromatic heterocycles. The molecule has 44 heavy (non-hydrogen) atoms. The molecule has 3 aromatic rings. The molecule has 3 aliphatic rings. The van der Waals surface area contributed by atoms with Gasteiger partial charge in [-0.3, -0.25) is 19.4 Å². The fraction of sp³-hybridized carbons (Fsp3) is 0.529. The van der Waals surface area contributed by atoms with Gasteiger partial charge in [-0.15, -0.1) is 0 Å². The number of H-pyrrole nitrogens is 1. The van der Waals surface area contributed by atoms with Gasteiger partial charge in [0.25, 0.3) is 0 Å². The van der Waals surface area contributed by atoms with Gasteiger partial charge in [0.05, 0.1) is 25.6 Å². The van der Waals surface area contributed by atoms with Crippen molar-refractivity contribution in [2.75, 3.05) is 26.7 Å². The molecule has 0 aliphatic carbocycles. The Bertz CT molecular complexity index is 1470. The Labute approximate surface area is 258 Å². The second-order valence-electron chi connectivity index (χ2n) is 13.2. The number of rotatable bonds is 8. The first kappa shape index (κ1) is 30.1. The molecular weight excluding hydrogens is 556 g/mol. The van der Waals surface area contributed by atoms with Crippen LogP contribution in [-0.2, 0) is 27.3 Å². The lowest BCUT2D eigenvalue weighted by Crippen LogP contribution is -2.60. The Morgan fingerprint density at radius 2 is 1.93 bits per heavy atom. The van der Waals surface area contributed by atoms with E-state index in [9.17, 15) is 14.4 Å². The third-order valence-electron chi connectivity index (χ3n) is 9.80. The first-order valence-electron chi connectivity index (χ1n) is 15.9. The van der Waals surface area contributed by atoms with Gasteiger partial charge in [-0.1, -0.05) is 12.1 Å². The zero-order valence-corrected chi connectivity index (χ0v) is 26.0. The van der Waals surface area contributed by atoms with Crippen LogP contribution in [-0.4, -0.2) is 81.9 Å². The van der Waals surface area contributed by atoms with Gasteiger partial charge < -0.3 is 30.2 Å². The molecular formula is C34H44N6O4. The molecule has 10 nitrogen and oxygen atoms in total. The fourth-order valence-corrected chi connectivity index (χ4v) is 7.39. The number of hydrogen-bond donors (Lipinski definition) is 3. The van der Waals surface area contributed by atoms with Crippen molar-refractivity contribution >= 4 is 28.6 Å². The van der Waals surface area contributed by atoms with E-state index in [4.69, 9.17) is 4.74 Å². The van der Waals surface area contributed by atoms with Crippen molar-refractivity contribution in [1.82, 2.24) is 30.4 Å². The molecule has 6 rings (SSSR count). The average Bonchev–Trinajstić information content (AvgIpc) is 3.75. The Kier molecular flexibility index (Phi) is 8.62. The third kappa shape index (κ3) is 6.18. The van der Waals surface area contributed by atoms with E-state index in [1.54, 1.807) is 24.4 Å². The van der Waals surface area contributed by atoms with Gasteiger partial charge in [-0.25, -0.2) is 0 Å². The predicted octanol–water partition coefficient (Wildman–Crippen LogP) is 3.42. The fourth-order valence-electron chi connectivity index (χ4n) is 7.39. The molecule has 1 aromatic carbocycles. The summed E-state index contributed by atoms with van der Waals surface area (Å²) in [6, 6.07) is 10.6. The largest absolute Gasteiger partial charge is 0.497 e. The summed E-state index contributed by atoms with van der Waals surface area (Å²) in [5.74, 6) is 0.208. The Morgan fingerprint density at radius 1 is 1.11 bits per heavy atom. The van der Waals surface area contributed by atoms with Crippen LogP contribution in [0.5, 0.6) is 5.75 Å². The second-order valence-corrected chi connectivity index (χ2v) is 13.2. The minimum atomic E-state index is -0.635. The lowest BCUT2D eigenvalue weighted by Gasteiger charge is -2.40. The van der Waals surface area contributed by atoms with E-state index in [2.05, 4.69) is 34.4 Å². The van der Waals surface area contributed by atoms with Crippen LogP contribution in [0.2, 0.25) is 0 Å². The molecule has 0 saturated carbocycles. The molecule has 234 valence electrons. The molecule has 3 aliphatic heterocycles. The average molecular weight is 601 g/mol. The van der Waals surface area contributed by atoms with E-state index in [0.717, 1.165) is 60.1 Å². The Morgan fingerprint density at radius 3 is 2.66 bits per heavy atom. The number of pyridine rings is 1. The SMILES string of the molecule is COc1ccc(C[C@@H]2C[C@@H](C(=O)NCc3cc4cnccc4[nH]3)N(C(=O)[C@@H]3NCCC[C@@H]3C(=O)N3CCCC3(C)C)C2)cc1. The quantitative estimate of drug-likeness (QED) is 0.365. The summed E-state index contributed by atoms with van der Waals surface area (Å²) in [4.78, 5) is 53.2. The van der Waals surface area contributed by atoms with E-state index in [0.29, 0.717) is 32.5 Å². The lowest BCUT2D eigenvalue weighted by molar-refractivity contribution is -0.148. The topological polar surface area (TPSA) is 120 Å². The van der Waals surface area contributed by atoms with Crippen LogP contribution < -0.4 is 15.4 Å². The smallest absolute Gasteiger partial charge is 0.243 e. The number of piperidine rings is 1. The number of likely N-dealkylation sites (tertiary alicyclic amines) is 2. The minimum absolute atomic E-state index is 0.0568. The number of benzene rings is 1. The summed E-state index contributed by atoms with van der Waals surface area (Å²) in [6.07, 6.45) is 8.28. The highest BCUT2D eigenvalue weighted by Gasteiger charge is 2.48. The maximum Gasteiger partial charge on any atom is 0.243 e. The molecule has 3 fully saturated rings. The number of aromatic amines is 1. The van der Waals surface area contributed by atoms with Crippen LogP contribution in [0.15, 0.2) is 48.8 Å². The highest BCUT2D eigenvalue weighted by molar-refractivity contribution is 5.94. The van der Waals surface area contributed by atoms with Crippen LogP contribution in [0.1, 0.15) is 57.2 Å². The second kappa shape index (κ2) is 12.6. The predicted molar refractivity (Wildman–Crippen MR) is 168 cm³/mol. The van der Waals surface area contributed by atoms with E-state index in [1.165, 1.54) is 0 Å². The molecule has 4 atom stereocenters. The number of nitrogens with one attached hydrogen (secondary N) is 3. The molecule has 3 amide bonds. The zero-order valence-electron chi connectivity index (χ0n) is 26.0. The number of nitrogens with zero attached hydrogens (tertiary/aromatic N) is 3. The molecule has 5 heterocycles. The van der Waals surface area contributed by atoms with Crippen molar-refractivity contribution < 1.29 is 19.1 Å². The summed E-state index contributed by atoms with van der Waals surface area (Å²) < 4.78 is 5.32. The van der Waals surface area contributed by atoms with Gasteiger partial charge in [0.1, 0.15) is 11.8 Å². The number of aromatic nitrogens is 2. The van der Waals surface area contributed by atoms with E-state index < -0.39 is 18.0 Å². The molecule has 0 bridgehead atoms. The molecule has 0 unspecified atom stereocenters. The van der Waals surface area contributed by atoms with Gasteiger partial charge >= 0.3 is 0 Å². The number of carbonyl (C=O) groups is 3. The van der Waals surface area contributed by atoms with Crippen molar-refractivity contribution in [3.8, 4) is 5.75 Å². The van der Waals surface area contributed by atoms with Crippen LogP contribution in [0, 0.1) is 11.8 Å². The number of amides is 3. The maximum absolute atomic E-state index is 14.4. The van der Waals surface area contributed by atoms with Gasteiger partial charge in [0.2, 0.25) is 17.7 Å². The van der Waals surface area contributed by atoms with Crippen molar-refractivity contribution in [1.29, 1.82) is 0 Å². The van der Waals surface area contributed by atoms with Crippen molar-refractivity contribution in [2.45, 2.75) is 76.5 Å². The zero-order chi connectivity index (χ0) is 30.8. The molecule has 3 saturated heterocycles. The normalized spacial score (nSPS) is 24.9. The minimum Gasteiger partial charge on any atom is -0.497 e. The highest BCUT2D eigenvalue weighted by Crippen LogP contribution is 2.34.